The van der Waals surface area contributed by atoms with E-state index in [4.69, 9.17) is 9.15 Å². The molecule has 28 heavy (non-hydrogen) atoms. The number of aromatic nitrogens is 2. The molecule has 0 fully saturated rings. The lowest BCUT2D eigenvalue weighted by molar-refractivity contribution is 0.0773. The molecule has 0 saturated carbocycles. The SMILES string of the molecule is COc1ccc(C(=O)N(C)Cc2nnc(-c3ccc(C(C)(C)C)cc3)o2)cc1. The van der Waals surface area contributed by atoms with Gasteiger partial charge < -0.3 is 14.1 Å². The summed E-state index contributed by atoms with van der Waals surface area (Å²) < 4.78 is 10.9. The molecular weight excluding hydrogens is 354 g/mol. The summed E-state index contributed by atoms with van der Waals surface area (Å²) in [5.74, 6) is 1.41. The van der Waals surface area contributed by atoms with Crippen LogP contribution in [0.15, 0.2) is 52.9 Å². The molecule has 0 N–H and O–H groups in total. The molecule has 0 aliphatic heterocycles. The Hall–Kier alpha value is -3.15. The smallest absolute Gasteiger partial charge is 0.254 e. The quantitative estimate of drug-likeness (QED) is 0.660. The zero-order chi connectivity index (χ0) is 20.3. The fraction of sp³-hybridized carbons (Fsp3) is 0.318. The van der Waals surface area contributed by atoms with E-state index in [-0.39, 0.29) is 17.9 Å². The van der Waals surface area contributed by atoms with Crippen molar-refractivity contribution in [2.24, 2.45) is 0 Å². The summed E-state index contributed by atoms with van der Waals surface area (Å²) in [4.78, 5) is 14.1. The Labute approximate surface area is 165 Å². The van der Waals surface area contributed by atoms with Crippen LogP contribution in [0.3, 0.4) is 0 Å². The zero-order valence-electron chi connectivity index (χ0n) is 16.9. The fourth-order valence-electron chi connectivity index (χ4n) is 2.78. The highest BCUT2D eigenvalue weighted by molar-refractivity contribution is 5.94. The van der Waals surface area contributed by atoms with Gasteiger partial charge in [-0.3, -0.25) is 4.79 Å². The molecule has 0 atom stereocenters. The van der Waals surface area contributed by atoms with Gasteiger partial charge in [0.05, 0.1) is 13.7 Å². The molecule has 3 aromatic rings. The number of nitrogens with zero attached hydrogens (tertiary/aromatic N) is 3. The topological polar surface area (TPSA) is 68.5 Å². The highest BCUT2D eigenvalue weighted by Gasteiger charge is 2.17. The number of carbonyl (C=O) groups is 1. The average molecular weight is 379 g/mol. The van der Waals surface area contributed by atoms with Crippen LogP contribution in [0.25, 0.3) is 11.5 Å². The summed E-state index contributed by atoms with van der Waals surface area (Å²) in [5, 5.41) is 8.19. The van der Waals surface area contributed by atoms with Gasteiger partial charge in [-0.2, -0.15) is 0 Å². The van der Waals surface area contributed by atoms with Crippen LogP contribution in [-0.4, -0.2) is 35.2 Å². The van der Waals surface area contributed by atoms with Gasteiger partial charge in [-0.05, 0) is 47.4 Å². The van der Waals surface area contributed by atoms with E-state index in [9.17, 15) is 4.79 Å². The van der Waals surface area contributed by atoms with Crippen molar-refractivity contribution in [3.8, 4) is 17.2 Å². The first-order chi connectivity index (χ1) is 13.3. The van der Waals surface area contributed by atoms with Crippen molar-refractivity contribution >= 4 is 5.91 Å². The first kappa shape index (κ1) is 19.6. The summed E-state index contributed by atoms with van der Waals surface area (Å²) in [5.41, 5.74) is 2.75. The van der Waals surface area contributed by atoms with Crippen LogP contribution in [0.4, 0.5) is 0 Å². The Morgan fingerprint density at radius 1 is 1.04 bits per heavy atom. The summed E-state index contributed by atoms with van der Waals surface area (Å²) in [6.45, 7) is 6.74. The summed E-state index contributed by atoms with van der Waals surface area (Å²) in [6, 6.07) is 15.1. The van der Waals surface area contributed by atoms with Gasteiger partial charge in [0.2, 0.25) is 11.8 Å². The second kappa shape index (κ2) is 7.84. The monoisotopic (exact) mass is 379 g/mol. The minimum Gasteiger partial charge on any atom is -0.497 e. The second-order valence-electron chi connectivity index (χ2n) is 7.72. The largest absolute Gasteiger partial charge is 0.497 e. The van der Waals surface area contributed by atoms with E-state index in [1.54, 1.807) is 43.3 Å². The van der Waals surface area contributed by atoms with E-state index in [0.29, 0.717) is 23.1 Å². The van der Waals surface area contributed by atoms with E-state index < -0.39 is 0 Å². The van der Waals surface area contributed by atoms with Gasteiger partial charge >= 0.3 is 0 Å². The third-order valence-electron chi connectivity index (χ3n) is 4.52. The number of methoxy groups -OCH3 is 1. The molecule has 0 spiro atoms. The molecule has 1 heterocycles. The van der Waals surface area contributed by atoms with Crippen molar-refractivity contribution in [2.75, 3.05) is 14.2 Å². The third kappa shape index (κ3) is 4.39. The van der Waals surface area contributed by atoms with Gasteiger partial charge in [0.1, 0.15) is 5.75 Å². The Morgan fingerprint density at radius 3 is 2.25 bits per heavy atom. The molecule has 146 valence electrons. The molecule has 0 aliphatic carbocycles. The molecule has 0 radical (unpaired) electrons. The molecule has 1 amide bonds. The molecule has 6 heteroatoms. The fourth-order valence-corrected chi connectivity index (χ4v) is 2.78. The summed E-state index contributed by atoms with van der Waals surface area (Å²) in [7, 11) is 3.29. The van der Waals surface area contributed by atoms with Crippen molar-refractivity contribution in [3.05, 3.63) is 65.5 Å². The van der Waals surface area contributed by atoms with Crippen LogP contribution in [0.5, 0.6) is 5.75 Å². The molecule has 3 rings (SSSR count). The predicted octanol–water partition coefficient (Wildman–Crippen LogP) is 4.31. The van der Waals surface area contributed by atoms with E-state index in [1.807, 2.05) is 12.1 Å². The molecule has 0 saturated heterocycles. The van der Waals surface area contributed by atoms with E-state index in [0.717, 1.165) is 5.56 Å². The Morgan fingerprint density at radius 2 is 1.68 bits per heavy atom. The van der Waals surface area contributed by atoms with Gasteiger partial charge in [0.15, 0.2) is 0 Å². The molecule has 0 bridgehead atoms. The van der Waals surface area contributed by atoms with Crippen LogP contribution < -0.4 is 4.74 Å². The third-order valence-corrected chi connectivity index (χ3v) is 4.52. The Bertz CT molecular complexity index is 938. The molecular formula is C22H25N3O3. The first-order valence-corrected chi connectivity index (χ1v) is 9.11. The zero-order valence-corrected chi connectivity index (χ0v) is 16.9. The number of ether oxygens (including phenoxy) is 1. The van der Waals surface area contributed by atoms with Gasteiger partial charge in [0, 0.05) is 18.2 Å². The maximum Gasteiger partial charge on any atom is 0.254 e. The van der Waals surface area contributed by atoms with Crippen molar-refractivity contribution in [1.82, 2.24) is 15.1 Å². The minimum absolute atomic E-state index is 0.0864. The van der Waals surface area contributed by atoms with Crippen LogP contribution in [0, 0.1) is 0 Å². The predicted molar refractivity (Wildman–Crippen MR) is 107 cm³/mol. The van der Waals surface area contributed by atoms with Crippen molar-refractivity contribution in [3.63, 3.8) is 0 Å². The lowest BCUT2D eigenvalue weighted by Crippen LogP contribution is -2.26. The summed E-state index contributed by atoms with van der Waals surface area (Å²) in [6.07, 6.45) is 0. The van der Waals surface area contributed by atoms with E-state index in [1.165, 1.54) is 5.56 Å². The molecule has 6 nitrogen and oxygen atoms in total. The number of benzene rings is 2. The number of hydrogen-bond donors (Lipinski definition) is 0. The standard InChI is InChI=1S/C22H25N3O3/c1-22(2,3)17-10-6-15(7-11-17)20-24-23-19(28-20)14-25(4)21(26)16-8-12-18(27-5)13-9-16/h6-13H,14H2,1-5H3. The van der Waals surface area contributed by atoms with Gasteiger partial charge in [-0.1, -0.05) is 32.9 Å². The molecule has 2 aromatic carbocycles. The first-order valence-electron chi connectivity index (χ1n) is 9.11. The maximum absolute atomic E-state index is 12.6. The average Bonchev–Trinajstić information content (AvgIpc) is 3.15. The number of rotatable bonds is 5. The van der Waals surface area contributed by atoms with Crippen molar-refractivity contribution < 1.29 is 13.9 Å². The van der Waals surface area contributed by atoms with Gasteiger partial charge in [-0.25, -0.2) is 0 Å². The Kier molecular flexibility index (Phi) is 5.49. The lowest BCUT2D eigenvalue weighted by atomic mass is 9.87. The van der Waals surface area contributed by atoms with Gasteiger partial charge in [0.25, 0.3) is 5.91 Å². The van der Waals surface area contributed by atoms with Crippen LogP contribution in [-0.2, 0) is 12.0 Å². The highest BCUT2D eigenvalue weighted by atomic mass is 16.5. The van der Waals surface area contributed by atoms with E-state index >= 15 is 0 Å². The number of amides is 1. The van der Waals surface area contributed by atoms with Crippen LogP contribution in [0.1, 0.15) is 42.6 Å². The summed E-state index contributed by atoms with van der Waals surface area (Å²) >= 11 is 0. The van der Waals surface area contributed by atoms with Crippen LogP contribution >= 0.6 is 0 Å². The molecule has 1 aromatic heterocycles. The maximum atomic E-state index is 12.6. The molecule has 0 aliphatic rings. The van der Waals surface area contributed by atoms with Gasteiger partial charge in [-0.15, -0.1) is 10.2 Å². The van der Waals surface area contributed by atoms with E-state index in [2.05, 4.69) is 43.1 Å². The second-order valence-corrected chi connectivity index (χ2v) is 7.72. The number of hydrogen-bond acceptors (Lipinski definition) is 5. The van der Waals surface area contributed by atoms with Crippen LogP contribution in [0.2, 0.25) is 0 Å². The highest BCUT2D eigenvalue weighted by Crippen LogP contribution is 2.25. The normalized spacial score (nSPS) is 11.3. The number of carbonyl (C=O) groups excluding carboxylic acids is 1. The minimum atomic E-state index is -0.128. The van der Waals surface area contributed by atoms with Crippen molar-refractivity contribution in [1.29, 1.82) is 0 Å². The molecule has 0 unspecified atom stereocenters. The van der Waals surface area contributed by atoms with Crippen molar-refractivity contribution in [2.45, 2.75) is 32.7 Å². The Balaban J connectivity index is 1.68. The lowest BCUT2D eigenvalue weighted by Gasteiger charge is -2.18.